The van der Waals surface area contributed by atoms with E-state index < -0.39 is 0 Å². The fraction of sp³-hybridized carbons (Fsp3) is 0.559. The van der Waals surface area contributed by atoms with Crippen LogP contribution in [0.25, 0.3) is 22.1 Å². The second-order valence-electron chi connectivity index (χ2n) is 10.9. The molecule has 3 rings (SSSR count). The molecule has 0 bridgehead atoms. The van der Waals surface area contributed by atoms with Gasteiger partial charge in [-0.15, -0.1) is 0 Å². The number of fused-ring (bicyclic) bond motifs is 1. The maximum absolute atomic E-state index is 13.1. The highest BCUT2D eigenvalue weighted by molar-refractivity contribution is 5.82. The van der Waals surface area contributed by atoms with Crippen LogP contribution < -0.4 is 14.9 Å². The first-order chi connectivity index (χ1) is 18.6. The Morgan fingerprint density at radius 3 is 1.92 bits per heavy atom. The molecule has 0 radical (unpaired) electrons. The Balaban J connectivity index is 1.39. The van der Waals surface area contributed by atoms with Crippen LogP contribution in [0.4, 0.5) is 0 Å². The monoisotopic (exact) mass is 520 g/mol. The molecule has 0 atom stereocenters. The van der Waals surface area contributed by atoms with Crippen molar-refractivity contribution in [2.45, 2.75) is 104 Å². The molecule has 0 unspecified atom stereocenters. The Hall–Kier alpha value is -2.75. The van der Waals surface area contributed by atoms with Crippen LogP contribution in [0.15, 0.2) is 57.9 Å². The molecule has 0 aliphatic heterocycles. The SMILES string of the molecule is CCCCCCCCCCCCCCOc1ccc2c(=O)c(-c3ccc(OCCC(C)C)cc3)coc2c1. The van der Waals surface area contributed by atoms with Gasteiger partial charge in [0.1, 0.15) is 23.3 Å². The highest BCUT2D eigenvalue weighted by atomic mass is 16.5. The molecule has 4 nitrogen and oxygen atoms in total. The zero-order valence-electron chi connectivity index (χ0n) is 23.9. The van der Waals surface area contributed by atoms with Crippen molar-refractivity contribution in [2.75, 3.05) is 13.2 Å². The van der Waals surface area contributed by atoms with Crippen LogP contribution in [0.2, 0.25) is 0 Å². The van der Waals surface area contributed by atoms with Gasteiger partial charge in [0, 0.05) is 6.07 Å². The second kappa shape index (κ2) is 17.0. The van der Waals surface area contributed by atoms with E-state index in [4.69, 9.17) is 13.9 Å². The lowest BCUT2D eigenvalue weighted by Crippen LogP contribution is -2.05. The Kier molecular flexibility index (Phi) is 13.3. The number of ether oxygens (including phenoxy) is 2. The molecule has 0 N–H and O–H groups in total. The highest BCUT2D eigenvalue weighted by Crippen LogP contribution is 2.25. The fourth-order valence-corrected chi connectivity index (χ4v) is 4.67. The standard InChI is InChI=1S/C34H48O4/c1-4-5-6-7-8-9-10-11-12-13-14-15-23-36-30-20-21-31-33(25-30)38-26-32(34(31)35)28-16-18-29(19-17-28)37-24-22-27(2)3/h16-21,25-27H,4-15,22-24H2,1-3H3. The topological polar surface area (TPSA) is 48.7 Å². The minimum absolute atomic E-state index is 0.0350. The Morgan fingerprint density at radius 1 is 0.711 bits per heavy atom. The third kappa shape index (κ3) is 10.2. The molecule has 38 heavy (non-hydrogen) atoms. The number of hydrogen-bond acceptors (Lipinski definition) is 4. The molecule has 3 aromatic rings. The van der Waals surface area contributed by atoms with Crippen LogP contribution in [0.1, 0.15) is 104 Å². The molecular weight excluding hydrogens is 472 g/mol. The fourth-order valence-electron chi connectivity index (χ4n) is 4.67. The van der Waals surface area contributed by atoms with Gasteiger partial charge in [0.2, 0.25) is 0 Å². The molecule has 4 heteroatoms. The second-order valence-corrected chi connectivity index (χ2v) is 10.9. The predicted octanol–water partition coefficient (Wildman–Crippen LogP) is 9.96. The van der Waals surface area contributed by atoms with Crippen molar-refractivity contribution in [1.82, 2.24) is 0 Å². The van der Waals surface area contributed by atoms with Crippen molar-refractivity contribution >= 4 is 11.0 Å². The van der Waals surface area contributed by atoms with E-state index in [0.717, 1.165) is 29.9 Å². The molecule has 208 valence electrons. The van der Waals surface area contributed by atoms with Gasteiger partial charge < -0.3 is 13.9 Å². The molecule has 1 aromatic heterocycles. The maximum Gasteiger partial charge on any atom is 0.200 e. The first-order valence-corrected chi connectivity index (χ1v) is 15.0. The number of hydrogen-bond donors (Lipinski definition) is 0. The van der Waals surface area contributed by atoms with Gasteiger partial charge in [0.05, 0.1) is 24.2 Å². The average Bonchev–Trinajstić information content (AvgIpc) is 2.92. The van der Waals surface area contributed by atoms with Crippen molar-refractivity contribution in [1.29, 1.82) is 0 Å². The Morgan fingerprint density at radius 2 is 1.29 bits per heavy atom. The zero-order chi connectivity index (χ0) is 27.0. The lowest BCUT2D eigenvalue weighted by Gasteiger charge is -2.09. The molecule has 2 aromatic carbocycles. The number of benzene rings is 2. The summed E-state index contributed by atoms with van der Waals surface area (Å²) in [6, 6.07) is 13.1. The van der Waals surface area contributed by atoms with E-state index >= 15 is 0 Å². The normalized spacial score (nSPS) is 11.4. The number of rotatable bonds is 19. The summed E-state index contributed by atoms with van der Waals surface area (Å²) in [5, 5.41) is 0.567. The van der Waals surface area contributed by atoms with Crippen LogP contribution in [-0.4, -0.2) is 13.2 Å². The minimum atomic E-state index is -0.0350. The summed E-state index contributed by atoms with van der Waals surface area (Å²) < 4.78 is 17.6. The predicted molar refractivity (Wildman–Crippen MR) is 159 cm³/mol. The van der Waals surface area contributed by atoms with Gasteiger partial charge in [-0.1, -0.05) is 104 Å². The summed E-state index contributed by atoms with van der Waals surface area (Å²) in [6.45, 7) is 8.02. The maximum atomic E-state index is 13.1. The zero-order valence-corrected chi connectivity index (χ0v) is 23.9. The van der Waals surface area contributed by atoms with Crippen molar-refractivity contribution in [3.8, 4) is 22.6 Å². The van der Waals surface area contributed by atoms with E-state index in [1.54, 1.807) is 6.26 Å². The van der Waals surface area contributed by atoms with Gasteiger partial charge in [-0.2, -0.15) is 0 Å². The molecule has 0 aliphatic rings. The average molecular weight is 521 g/mol. The Labute approximate surface area is 229 Å². The van der Waals surface area contributed by atoms with E-state index in [1.807, 2.05) is 42.5 Å². The molecule has 0 aliphatic carbocycles. The molecular formula is C34H48O4. The van der Waals surface area contributed by atoms with Crippen LogP contribution >= 0.6 is 0 Å². The van der Waals surface area contributed by atoms with Gasteiger partial charge in [0.15, 0.2) is 5.43 Å². The summed E-state index contributed by atoms with van der Waals surface area (Å²) >= 11 is 0. The van der Waals surface area contributed by atoms with E-state index in [9.17, 15) is 4.79 Å². The van der Waals surface area contributed by atoms with Gasteiger partial charge in [-0.3, -0.25) is 4.79 Å². The highest BCUT2D eigenvalue weighted by Gasteiger charge is 2.11. The summed E-state index contributed by atoms with van der Waals surface area (Å²) in [5.41, 5.74) is 1.90. The first-order valence-electron chi connectivity index (χ1n) is 15.0. The smallest absolute Gasteiger partial charge is 0.200 e. The van der Waals surface area contributed by atoms with Gasteiger partial charge in [-0.05, 0) is 48.6 Å². The van der Waals surface area contributed by atoms with E-state index in [0.29, 0.717) is 35.7 Å². The summed E-state index contributed by atoms with van der Waals surface area (Å²) in [5.74, 6) is 2.17. The summed E-state index contributed by atoms with van der Waals surface area (Å²) in [4.78, 5) is 13.1. The first kappa shape index (κ1) is 29.8. The van der Waals surface area contributed by atoms with Crippen LogP contribution in [0, 0.1) is 5.92 Å². The third-order valence-electron chi connectivity index (χ3n) is 7.14. The molecule has 1 heterocycles. The lowest BCUT2D eigenvalue weighted by molar-refractivity contribution is 0.289. The minimum Gasteiger partial charge on any atom is -0.494 e. The Bertz CT molecular complexity index is 1110. The largest absolute Gasteiger partial charge is 0.494 e. The quantitative estimate of drug-likeness (QED) is 0.148. The van der Waals surface area contributed by atoms with Crippen LogP contribution in [-0.2, 0) is 0 Å². The summed E-state index contributed by atoms with van der Waals surface area (Å²) in [6.07, 6.45) is 18.5. The number of unbranched alkanes of at least 4 members (excludes halogenated alkanes) is 11. The van der Waals surface area contributed by atoms with Crippen molar-refractivity contribution in [3.63, 3.8) is 0 Å². The lowest BCUT2D eigenvalue weighted by atomic mass is 10.1. The third-order valence-corrected chi connectivity index (χ3v) is 7.14. The van der Waals surface area contributed by atoms with E-state index in [1.165, 1.54) is 70.6 Å². The van der Waals surface area contributed by atoms with Gasteiger partial charge >= 0.3 is 0 Å². The van der Waals surface area contributed by atoms with Crippen LogP contribution in [0.5, 0.6) is 11.5 Å². The van der Waals surface area contributed by atoms with Crippen molar-refractivity contribution in [3.05, 3.63) is 59.0 Å². The van der Waals surface area contributed by atoms with E-state index in [-0.39, 0.29) is 5.43 Å². The van der Waals surface area contributed by atoms with E-state index in [2.05, 4.69) is 20.8 Å². The molecule has 0 spiro atoms. The molecule has 0 amide bonds. The van der Waals surface area contributed by atoms with Crippen molar-refractivity contribution in [2.24, 2.45) is 5.92 Å². The summed E-state index contributed by atoms with van der Waals surface area (Å²) in [7, 11) is 0. The molecule has 0 saturated heterocycles. The van der Waals surface area contributed by atoms with Gasteiger partial charge in [-0.25, -0.2) is 0 Å². The molecule has 0 fully saturated rings. The van der Waals surface area contributed by atoms with Gasteiger partial charge in [0.25, 0.3) is 0 Å². The van der Waals surface area contributed by atoms with Crippen molar-refractivity contribution < 1.29 is 13.9 Å². The molecule has 0 saturated carbocycles. The van der Waals surface area contributed by atoms with Crippen LogP contribution in [0.3, 0.4) is 0 Å².